The number of hydrogen-bond acceptors (Lipinski definition) is 3. The zero-order valence-electron chi connectivity index (χ0n) is 26.3. The Morgan fingerprint density at radius 2 is 1.33 bits per heavy atom. The van der Waals surface area contributed by atoms with Gasteiger partial charge in [0, 0.05) is 47.9 Å². The zero-order chi connectivity index (χ0) is 31.6. The molecule has 0 fully saturated rings. The lowest BCUT2D eigenvalue weighted by Gasteiger charge is -2.41. The lowest BCUT2D eigenvalue weighted by atomic mass is 9.99. The average molecular weight is 634 g/mol. The Hall–Kier alpha value is -5.71. The quantitative estimate of drug-likeness (QED) is 0.185. The van der Waals surface area contributed by atoms with Crippen molar-refractivity contribution in [1.82, 2.24) is 4.57 Å². The average Bonchev–Trinajstić information content (AvgIpc) is 3.68. The topological polar surface area (TPSA) is 20.5 Å². The summed E-state index contributed by atoms with van der Waals surface area (Å²) in [6.07, 6.45) is 9.02. The summed E-state index contributed by atoms with van der Waals surface area (Å²) in [5, 5.41) is 5.19. The van der Waals surface area contributed by atoms with Crippen molar-refractivity contribution in [3.63, 3.8) is 0 Å². The smallest absolute Gasteiger partial charge is 0.154 e. The van der Waals surface area contributed by atoms with E-state index >= 15 is 0 Å². The maximum atomic E-state index is 5.11. The molecular weight excluding hydrogens is 603 g/mol. The molecule has 8 aromatic rings. The van der Waals surface area contributed by atoms with Crippen LogP contribution >= 0.6 is 11.3 Å². The van der Waals surface area contributed by atoms with E-state index in [1.807, 2.05) is 11.3 Å². The van der Waals surface area contributed by atoms with Gasteiger partial charge in [-0.25, -0.2) is 4.99 Å². The van der Waals surface area contributed by atoms with Crippen molar-refractivity contribution in [2.24, 2.45) is 4.99 Å². The van der Waals surface area contributed by atoms with Gasteiger partial charge in [-0.05, 0) is 78.1 Å². The summed E-state index contributed by atoms with van der Waals surface area (Å²) < 4.78 is 5.09. The number of anilines is 1. The fraction of sp³-hybridized carbons (Fsp3) is 0.0682. The molecule has 2 aliphatic rings. The van der Waals surface area contributed by atoms with E-state index in [9.17, 15) is 0 Å². The van der Waals surface area contributed by atoms with Gasteiger partial charge in [0.25, 0.3) is 0 Å². The Bertz CT molecular complexity index is 2620. The summed E-state index contributed by atoms with van der Waals surface area (Å²) in [5.41, 5.74) is 9.68. The van der Waals surface area contributed by atoms with Crippen LogP contribution < -0.4 is 4.90 Å². The van der Waals surface area contributed by atoms with Crippen LogP contribution in [0.1, 0.15) is 18.4 Å². The molecule has 0 bridgehead atoms. The van der Waals surface area contributed by atoms with E-state index in [-0.39, 0.29) is 6.17 Å². The van der Waals surface area contributed by atoms with Crippen LogP contribution in [-0.4, -0.2) is 16.6 Å². The van der Waals surface area contributed by atoms with Gasteiger partial charge in [0.2, 0.25) is 0 Å². The van der Waals surface area contributed by atoms with E-state index in [4.69, 9.17) is 4.99 Å². The number of allylic oxidation sites excluding steroid dienone is 2. The summed E-state index contributed by atoms with van der Waals surface area (Å²) in [6.45, 7) is 0. The number of aromatic nitrogens is 1. The Kier molecular flexibility index (Phi) is 6.24. The number of thiophene rings is 1. The number of fused-ring (bicyclic) bond motifs is 6. The van der Waals surface area contributed by atoms with E-state index < -0.39 is 0 Å². The molecule has 0 saturated carbocycles. The molecule has 48 heavy (non-hydrogen) atoms. The molecule has 10 rings (SSSR count). The number of nitrogens with zero attached hydrogens (tertiary/aromatic N) is 3. The van der Waals surface area contributed by atoms with Gasteiger partial charge in [0.05, 0.1) is 11.0 Å². The molecule has 0 radical (unpaired) electrons. The number of benzene rings is 6. The van der Waals surface area contributed by atoms with Crippen LogP contribution in [0.5, 0.6) is 0 Å². The highest BCUT2D eigenvalue weighted by Crippen LogP contribution is 2.42. The molecule has 1 unspecified atom stereocenters. The van der Waals surface area contributed by atoms with Crippen LogP contribution in [0.15, 0.2) is 168 Å². The number of aliphatic imine (C=N–C) groups is 1. The molecule has 0 spiro atoms. The summed E-state index contributed by atoms with van der Waals surface area (Å²) in [6, 6.07) is 50.8. The third-order valence-electron chi connectivity index (χ3n) is 9.85. The van der Waals surface area contributed by atoms with Crippen molar-refractivity contribution in [3.05, 3.63) is 169 Å². The predicted octanol–water partition coefficient (Wildman–Crippen LogP) is 11.7. The molecule has 3 heterocycles. The van der Waals surface area contributed by atoms with Crippen LogP contribution in [0.2, 0.25) is 0 Å². The molecule has 1 aliphatic carbocycles. The monoisotopic (exact) mass is 633 g/mol. The molecule has 0 saturated heterocycles. The van der Waals surface area contributed by atoms with E-state index in [2.05, 4.69) is 167 Å². The van der Waals surface area contributed by atoms with Crippen molar-refractivity contribution in [2.75, 3.05) is 4.90 Å². The maximum absolute atomic E-state index is 5.11. The second-order valence-electron chi connectivity index (χ2n) is 12.6. The first kappa shape index (κ1) is 27.4. The van der Waals surface area contributed by atoms with Crippen molar-refractivity contribution in [1.29, 1.82) is 0 Å². The molecule has 0 amide bonds. The molecule has 4 heteroatoms. The lowest BCUT2D eigenvalue weighted by Crippen LogP contribution is -2.50. The Balaban J connectivity index is 1.07. The van der Waals surface area contributed by atoms with Crippen LogP contribution in [-0.2, 0) is 0 Å². The molecule has 6 aromatic carbocycles. The fourth-order valence-corrected chi connectivity index (χ4v) is 8.80. The van der Waals surface area contributed by atoms with Gasteiger partial charge in [0.1, 0.15) is 5.84 Å². The molecule has 0 N–H and O–H groups in total. The third-order valence-corrected chi connectivity index (χ3v) is 11.1. The molecule has 1 aliphatic heterocycles. The first-order valence-electron chi connectivity index (χ1n) is 16.7. The summed E-state index contributed by atoms with van der Waals surface area (Å²) >= 11 is 1.89. The standard InChI is InChI=1S/C44H31N3S/c1-3-12-29(13-4-1)43-45-44(30-14-5-2-6-15-30)47(43)33-25-23-32(24-26-33)46-39-20-9-7-16-35(39)38-28-31(22-27-40(38)46)34-18-11-19-37-36-17-8-10-21-41(36)48-42(34)37/h1,3-5,7-28,44H,2,6H2. The summed E-state index contributed by atoms with van der Waals surface area (Å²) in [4.78, 5) is 7.49. The van der Waals surface area contributed by atoms with Crippen molar-refractivity contribution in [2.45, 2.75) is 19.0 Å². The zero-order valence-corrected chi connectivity index (χ0v) is 27.1. The van der Waals surface area contributed by atoms with E-state index in [1.165, 1.54) is 58.7 Å². The lowest BCUT2D eigenvalue weighted by molar-refractivity contribution is 0.735. The highest BCUT2D eigenvalue weighted by atomic mass is 32.1. The van der Waals surface area contributed by atoms with Gasteiger partial charge in [0.15, 0.2) is 6.17 Å². The Morgan fingerprint density at radius 1 is 0.583 bits per heavy atom. The first-order valence-corrected chi connectivity index (χ1v) is 17.5. The first-order chi connectivity index (χ1) is 23.8. The van der Waals surface area contributed by atoms with Gasteiger partial charge >= 0.3 is 0 Å². The van der Waals surface area contributed by atoms with Crippen LogP contribution in [0.3, 0.4) is 0 Å². The van der Waals surface area contributed by atoms with Gasteiger partial charge < -0.3 is 4.57 Å². The summed E-state index contributed by atoms with van der Waals surface area (Å²) in [5.74, 6) is 1.02. The van der Waals surface area contributed by atoms with Gasteiger partial charge in [-0.3, -0.25) is 4.90 Å². The number of hydrogen-bond donors (Lipinski definition) is 0. The van der Waals surface area contributed by atoms with Crippen molar-refractivity contribution < 1.29 is 0 Å². The highest BCUT2D eigenvalue weighted by molar-refractivity contribution is 7.26. The Morgan fingerprint density at radius 3 is 2.19 bits per heavy atom. The minimum absolute atomic E-state index is 0.000318. The largest absolute Gasteiger partial charge is 0.309 e. The minimum Gasteiger partial charge on any atom is -0.309 e. The minimum atomic E-state index is -0.000318. The van der Waals surface area contributed by atoms with Gasteiger partial charge in [-0.2, -0.15) is 0 Å². The second-order valence-corrected chi connectivity index (χ2v) is 13.7. The number of rotatable bonds is 5. The normalized spacial score (nSPS) is 16.1. The summed E-state index contributed by atoms with van der Waals surface area (Å²) in [7, 11) is 0. The molecule has 228 valence electrons. The van der Waals surface area contributed by atoms with E-state index in [0.29, 0.717) is 0 Å². The SMILES string of the molecule is C1=CC(C2N=C(c3ccccc3)N2c2ccc(-n3c4ccccc4c4cc(-c5cccc6c5sc5ccccc56)ccc43)cc2)=CCC1. The number of amidine groups is 1. The van der Waals surface area contributed by atoms with Crippen molar-refractivity contribution >= 4 is 64.8 Å². The van der Waals surface area contributed by atoms with Crippen LogP contribution in [0, 0.1) is 0 Å². The van der Waals surface area contributed by atoms with Gasteiger partial charge in [-0.1, -0.05) is 109 Å². The molecule has 3 nitrogen and oxygen atoms in total. The maximum Gasteiger partial charge on any atom is 0.154 e. The third kappa shape index (κ3) is 4.23. The molecule has 2 aromatic heterocycles. The fourth-order valence-electron chi connectivity index (χ4n) is 7.56. The van der Waals surface area contributed by atoms with Crippen LogP contribution in [0.4, 0.5) is 5.69 Å². The molecular formula is C44H31N3S. The second kappa shape index (κ2) is 10.9. The van der Waals surface area contributed by atoms with E-state index in [1.54, 1.807) is 0 Å². The molecule has 1 atom stereocenters. The Labute approximate surface area is 283 Å². The predicted molar refractivity (Wildman–Crippen MR) is 205 cm³/mol. The van der Waals surface area contributed by atoms with Crippen molar-refractivity contribution in [3.8, 4) is 16.8 Å². The van der Waals surface area contributed by atoms with E-state index in [0.717, 1.165) is 35.6 Å². The highest BCUT2D eigenvalue weighted by Gasteiger charge is 2.35. The number of para-hydroxylation sites is 1. The van der Waals surface area contributed by atoms with Gasteiger partial charge in [-0.15, -0.1) is 11.3 Å². The van der Waals surface area contributed by atoms with Crippen LogP contribution in [0.25, 0.3) is 58.8 Å².